The Balaban J connectivity index is 0.000000191. The van der Waals surface area contributed by atoms with Crippen molar-refractivity contribution in [2.75, 3.05) is 0 Å². The molecular formula is C21H22O4. The number of benzene rings is 3. The smallest absolute Gasteiger partial charge is 0.154 e. The largest absolute Gasteiger partial charge is 0.508 e. The number of rotatable bonds is 1. The molecule has 0 heterocycles. The summed E-state index contributed by atoms with van der Waals surface area (Å²) in [4.78, 5) is 10.3. The highest BCUT2D eigenvalue weighted by Crippen LogP contribution is 2.17. The van der Waals surface area contributed by atoms with Crippen molar-refractivity contribution < 1.29 is 20.1 Å². The van der Waals surface area contributed by atoms with E-state index in [0.29, 0.717) is 23.3 Å². The average molecular weight is 338 g/mol. The fourth-order valence-corrected chi connectivity index (χ4v) is 1.79. The lowest BCUT2D eigenvalue weighted by Crippen LogP contribution is -1.84. The van der Waals surface area contributed by atoms with Gasteiger partial charge in [0.05, 0.1) is 5.56 Å². The van der Waals surface area contributed by atoms with Crippen molar-refractivity contribution in [1.82, 2.24) is 0 Å². The van der Waals surface area contributed by atoms with Gasteiger partial charge < -0.3 is 15.3 Å². The summed E-state index contributed by atoms with van der Waals surface area (Å²) in [6, 6.07) is 20.8. The van der Waals surface area contributed by atoms with Crippen molar-refractivity contribution >= 4 is 6.29 Å². The quantitative estimate of drug-likeness (QED) is 0.566. The van der Waals surface area contributed by atoms with E-state index in [1.165, 1.54) is 11.6 Å². The Hall–Kier alpha value is -3.27. The van der Waals surface area contributed by atoms with Crippen LogP contribution in [0.5, 0.6) is 17.2 Å². The van der Waals surface area contributed by atoms with E-state index in [1.54, 1.807) is 55.5 Å². The van der Waals surface area contributed by atoms with Crippen molar-refractivity contribution in [3.63, 3.8) is 0 Å². The van der Waals surface area contributed by atoms with E-state index in [2.05, 4.69) is 0 Å². The molecule has 25 heavy (non-hydrogen) atoms. The number of para-hydroxylation sites is 1. The Kier molecular flexibility index (Phi) is 8.30. The van der Waals surface area contributed by atoms with Crippen LogP contribution in [0.15, 0.2) is 72.8 Å². The molecule has 3 aromatic carbocycles. The van der Waals surface area contributed by atoms with Crippen LogP contribution in [0.3, 0.4) is 0 Å². The highest BCUT2D eigenvalue weighted by atomic mass is 16.3. The molecule has 0 unspecified atom stereocenters. The van der Waals surface area contributed by atoms with Gasteiger partial charge in [-0.15, -0.1) is 0 Å². The van der Waals surface area contributed by atoms with Crippen LogP contribution in [0.25, 0.3) is 0 Å². The Morgan fingerprint density at radius 2 is 1.24 bits per heavy atom. The lowest BCUT2D eigenvalue weighted by Gasteiger charge is -1.98. The Bertz CT molecular complexity index is 724. The van der Waals surface area contributed by atoms with Gasteiger partial charge in [0.15, 0.2) is 6.29 Å². The third-order valence-electron chi connectivity index (χ3n) is 3.21. The van der Waals surface area contributed by atoms with Crippen LogP contribution < -0.4 is 0 Å². The zero-order valence-electron chi connectivity index (χ0n) is 14.3. The van der Waals surface area contributed by atoms with Crippen LogP contribution >= 0.6 is 0 Å². The van der Waals surface area contributed by atoms with Gasteiger partial charge in [-0.05, 0) is 49.7 Å². The fraction of sp³-hybridized carbons (Fsp3) is 0.0952. The summed E-state index contributed by atoms with van der Waals surface area (Å²) >= 11 is 0. The molecule has 0 aliphatic carbocycles. The summed E-state index contributed by atoms with van der Waals surface area (Å²) in [5.41, 5.74) is 2.35. The van der Waals surface area contributed by atoms with Gasteiger partial charge in [-0.1, -0.05) is 48.0 Å². The summed E-state index contributed by atoms with van der Waals surface area (Å²) in [5.74, 6) is 0.702. The SMILES string of the molecule is Cc1ccc(O)cc1.Cc1cccc(O)c1C=O.Oc1ccccc1. The second-order valence-electron chi connectivity index (χ2n) is 5.30. The van der Waals surface area contributed by atoms with Crippen LogP contribution in [0.4, 0.5) is 0 Å². The number of carbonyl (C=O) groups excluding carboxylic acids is 1. The van der Waals surface area contributed by atoms with Crippen molar-refractivity contribution in [3.05, 3.63) is 89.5 Å². The van der Waals surface area contributed by atoms with Gasteiger partial charge in [-0.25, -0.2) is 0 Å². The lowest BCUT2D eigenvalue weighted by atomic mass is 10.1. The number of hydrogen-bond acceptors (Lipinski definition) is 4. The van der Waals surface area contributed by atoms with E-state index in [1.807, 2.05) is 25.1 Å². The van der Waals surface area contributed by atoms with Gasteiger partial charge in [0.25, 0.3) is 0 Å². The summed E-state index contributed by atoms with van der Waals surface area (Å²) in [6.45, 7) is 3.77. The molecule has 0 saturated heterocycles. The van der Waals surface area contributed by atoms with Gasteiger partial charge >= 0.3 is 0 Å². The molecule has 0 bridgehead atoms. The molecule has 3 rings (SSSR count). The van der Waals surface area contributed by atoms with E-state index < -0.39 is 0 Å². The highest BCUT2D eigenvalue weighted by molar-refractivity contribution is 5.81. The monoisotopic (exact) mass is 338 g/mol. The van der Waals surface area contributed by atoms with E-state index in [4.69, 9.17) is 15.3 Å². The first-order chi connectivity index (χ1) is 11.9. The number of phenols is 3. The predicted molar refractivity (Wildman–Crippen MR) is 99.2 cm³/mol. The van der Waals surface area contributed by atoms with Crippen molar-refractivity contribution in [2.24, 2.45) is 0 Å². The topological polar surface area (TPSA) is 77.8 Å². The maximum atomic E-state index is 10.3. The van der Waals surface area contributed by atoms with Crippen LogP contribution in [-0.4, -0.2) is 21.6 Å². The first-order valence-corrected chi connectivity index (χ1v) is 7.67. The molecule has 3 aromatic rings. The summed E-state index contributed by atoms with van der Waals surface area (Å²) < 4.78 is 0. The number of phenolic OH excluding ortho intramolecular Hbond substituents is 3. The number of carbonyl (C=O) groups is 1. The molecular weight excluding hydrogens is 316 g/mol. The van der Waals surface area contributed by atoms with Crippen molar-refractivity contribution in [1.29, 1.82) is 0 Å². The number of aryl methyl sites for hydroxylation is 2. The van der Waals surface area contributed by atoms with Gasteiger partial charge in [0.1, 0.15) is 17.2 Å². The first kappa shape index (κ1) is 19.8. The lowest BCUT2D eigenvalue weighted by molar-refractivity contribution is 0.112. The normalized spacial score (nSPS) is 9.04. The minimum atomic E-state index is 0.0509. The summed E-state index contributed by atoms with van der Waals surface area (Å²) in [6.07, 6.45) is 0.657. The molecule has 0 amide bonds. The summed E-state index contributed by atoms with van der Waals surface area (Å²) in [5, 5.41) is 26.4. The standard InChI is InChI=1S/C8H8O2.C7H8O.C6H6O/c1-6-3-2-4-8(10)7(6)5-9;1-6-2-4-7(8)5-3-6;7-6-4-2-1-3-5-6/h2-5,10H,1H3;2-5,8H,1H3;1-5,7H. The van der Waals surface area contributed by atoms with Crippen molar-refractivity contribution in [2.45, 2.75) is 13.8 Å². The number of hydrogen-bond donors (Lipinski definition) is 3. The average Bonchev–Trinajstić information content (AvgIpc) is 2.60. The molecule has 4 heteroatoms. The highest BCUT2D eigenvalue weighted by Gasteiger charge is 2.00. The molecule has 4 nitrogen and oxygen atoms in total. The molecule has 130 valence electrons. The molecule has 0 aliphatic rings. The van der Waals surface area contributed by atoms with E-state index >= 15 is 0 Å². The Labute approximate surface area is 147 Å². The third kappa shape index (κ3) is 7.70. The Morgan fingerprint density at radius 3 is 1.60 bits per heavy atom. The van der Waals surface area contributed by atoms with Gasteiger partial charge in [-0.3, -0.25) is 4.79 Å². The van der Waals surface area contributed by atoms with E-state index in [9.17, 15) is 4.79 Å². The molecule has 0 radical (unpaired) electrons. The molecule has 0 aromatic heterocycles. The number of aldehydes is 1. The van der Waals surface area contributed by atoms with Crippen LogP contribution in [-0.2, 0) is 0 Å². The van der Waals surface area contributed by atoms with Crippen LogP contribution in [0, 0.1) is 13.8 Å². The van der Waals surface area contributed by atoms with Crippen LogP contribution in [0.1, 0.15) is 21.5 Å². The summed E-state index contributed by atoms with van der Waals surface area (Å²) in [7, 11) is 0. The zero-order valence-corrected chi connectivity index (χ0v) is 14.3. The second kappa shape index (κ2) is 10.5. The predicted octanol–water partition coefficient (Wildman–Crippen LogP) is 4.61. The zero-order chi connectivity index (χ0) is 18.7. The Morgan fingerprint density at radius 1 is 0.680 bits per heavy atom. The maximum absolute atomic E-state index is 10.3. The third-order valence-corrected chi connectivity index (χ3v) is 3.21. The number of aromatic hydroxyl groups is 3. The van der Waals surface area contributed by atoms with Crippen LogP contribution in [0.2, 0.25) is 0 Å². The second-order valence-corrected chi connectivity index (χ2v) is 5.30. The van der Waals surface area contributed by atoms with Crippen molar-refractivity contribution in [3.8, 4) is 17.2 Å². The molecule has 0 saturated carbocycles. The molecule has 0 aliphatic heterocycles. The minimum Gasteiger partial charge on any atom is -0.508 e. The van der Waals surface area contributed by atoms with E-state index in [-0.39, 0.29) is 5.75 Å². The van der Waals surface area contributed by atoms with Gasteiger partial charge in [-0.2, -0.15) is 0 Å². The van der Waals surface area contributed by atoms with Gasteiger partial charge in [0, 0.05) is 0 Å². The van der Waals surface area contributed by atoms with Gasteiger partial charge in [0.2, 0.25) is 0 Å². The maximum Gasteiger partial charge on any atom is 0.154 e. The minimum absolute atomic E-state index is 0.0509. The molecule has 3 N–H and O–H groups in total. The molecule has 0 spiro atoms. The fourth-order valence-electron chi connectivity index (χ4n) is 1.79. The molecule has 0 fully saturated rings. The first-order valence-electron chi connectivity index (χ1n) is 7.67. The molecule has 0 atom stereocenters. The van der Waals surface area contributed by atoms with E-state index in [0.717, 1.165) is 5.56 Å².